The summed E-state index contributed by atoms with van der Waals surface area (Å²) in [5, 5.41) is 0. The van der Waals surface area contributed by atoms with Gasteiger partial charge in [-0.15, -0.1) is 0 Å². The van der Waals surface area contributed by atoms with Crippen molar-refractivity contribution in [2.24, 2.45) is 4.99 Å². The van der Waals surface area contributed by atoms with E-state index in [1.54, 1.807) is 6.34 Å². The average Bonchev–Trinajstić information content (AvgIpc) is 2.73. The lowest BCUT2D eigenvalue weighted by atomic mass is 10.0. The van der Waals surface area contributed by atoms with Crippen LogP contribution in [0.3, 0.4) is 0 Å². The smallest absolute Gasteiger partial charge is 0.318 e. The monoisotopic (exact) mass is 362 g/mol. The molecular formula is C21H19FN4O. The van der Waals surface area contributed by atoms with Gasteiger partial charge in [-0.2, -0.15) is 4.98 Å². The predicted octanol–water partition coefficient (Wildman–Crippen LogP) is 3.91. The molecule has 5 nitrogen and oxygen atoms in total. The quantitative estimate of drug-likeness (QED) is 0.510. The molecule has 4 rings (SSSR count). The third kappa shape index (κ3) is 4.28. The molecule has 0 N–H and O–H groups in total. The van der Waals surface area contributed by atoms with Crippen LogP contribution in [0.1, 0.15) is 16.7 Å². The molecule has 1 aliphatic heterocycles. The first-order valence-electron chi connectivity index (χ1n) is 8.82. The maximum Gasteiger partial charge on any atom is 0.318 e. The van der Waals surface area contributed by atoms with Crippen LogP contribution in [0.5, 0.6) is 6.01 Å². The lowest BCUT2D eigenvalue weighted by molar-refractivity contribution is 0.279. The molecular weight excluding hydrogens is 343 g/mol. The van der Waals surface area contributed by atoms with Gasteiger partial charge in [0, 0.05) is 13.1 Å². The van der Waals surface area contributed by atoms with Crippen molar-refractivity contribution in [1.29, 1.82) is 0 Å². The van der Waals surface area contributed by atoms with Gasteiger partial charge in [0.05, 0.1) is 12.5 Å². The van der Waals surface area contributed by atoms with E-state index >= 15 is 0 Å². The second kappa shape index (κ2) is 7.95. The van der Waals surface area contributed by atoms with Gasteiger partial charge in [-0.1, -0.05) is 54.6 Å². The molecule has 0 spiro atoms. The van der Waals surface area contributed by atoms with Crippen LogP contribution in [0.15, 0.2) is 65.8 Å². The van der Waals surface area contributed by atoms with Crippen LogP contribution in [0.4, 0.5) is 10.2 Å². The fraction of sp³-hybridized carbons (Fsp3) is 0.190. The van der Waals surface area contributed by atoms with Gasteiger partial charge in [0.1, 0.15) is 6.61 Å². The van der Waals surface area contributed by atoms with E-state index in [0.29, 0.717) is 6.61 Å². The van der Waals surface area contributed by atoms with E-state index < -0.39 is 5.82 Å². The zero-order valence-electron chi connectivity index (χ0n) is 14.8. The molecule has 136 valence electrons. The summed E-state index contributed by atoms with van der Waals surface area (Å²) in [6, 6.07) is 18.1. The SMILES string of the molecule is Fc1cnc(OCc2ccccc2)nc1/N=C/N1CCc2ccccc2C1. The summed E-state index contributed by atoms with van der Waals surface area (Å²) in [6.45, 7) is 1.91. The Balaban J connectivity index is 1.43. The zero-order chi connectivity index (χ0) is 18.5. The van der Waals surface area contributed by atoms with Crippen LogP contribution >= 0.6 is 0 Å². The summed E-state index contributed by atoms with van der Waals surface area (Å²) in [4.78, 5) is 14.2. The molecule has 0 bridgehead atoms. The van der Waals surface area contributed by atoms with Gasteiger partial charge in [0.25, 0.3) is 0 Å². The molecule has 3 aromatic rings. The van der Waals surface area contributed by atoms with Crippen molar-refractivity contribution in [3.63, 3.8) is 0 Å². The highest BCUT2D eigenvalue weighted by Gasteiger charge is 2.13. The van der Waals surface area contributed by atoms with Gasteiger partial charge in [0.15, 0.2) is 11.6 Å². The molecule has 0 fully saturated rings. The number of aliphatic imine (C=N–C) groups is 1. The van der Waals surface area contributed by atoms with E-state index in [2.05, 4.69) is 33.2 Å². The Hall–Kier alpha value is -3.28. The highest BCUT2D eigenvalue weighted by Crippen LogP contribution is 2.20. The number of aromatic nitrogens is 2. The molecule has 0 saturated carbocycles. The molecule has 0 unspecified atom stereocenters. The molecule has 6 heteroatoms. The first-order valence-corrected chi connectivity index (χ1v) is 8.82. The molecule has 2 heterocycles. The number of hydrogen-bond donors (Lipinski definition) is 0. The molecule has 2 aromatic carbocycles. The highest BCUT2D eigenvalue weighted by atomic mass is 19.1. The first-order chi connectivity index (χ1) is 13.3. The van der Waals surface area contributed by atoms with E-state index in [1.807, 2.05) is 41.3 Å². The molecule has 1 aliphatic rings. The Morgan fingerprint density at radius 3 is 2.70 bits per heavy atom. The molecule has 27 heavy (non-hydrogen) atoms. The van der Waals surface area contributed by atoms with Crippen LogP contribution in [-0.4, -0.2) is 27.8 Å². The van der Waals surface area contributed by atoms with Gasteiger partial charge in [0.2, 0.25) is 0 Å². The van der Waals surface area contributed by atoms with Gasteiger partial charge in [-0.25, -0.2) is 14.4 Å². The topological polar surface area (TPSA) is 50.6 Å². The Labute approximate surface area is 157 Å². The zero-order valence-corrected chi connectivity index (χ0v) is 14.8. The van der Waals surface area contributed by atoms with Crippen LogP contribution in [0.25, 0.3) is 0 Å². The van der Waals surface area contributed by atoms with Crippen molar-refractivity contribution in [3.05, 3.63) is 83.3 Å². The lowest BCUT2D eigenvalue weighted by Crippen LogP contribution is -2.29. The normalized spacial score (nSPS) is 13.6. The van der Waals surface area contributed by atoms with Crippen LogP contribution in [-0.2, 0) is 19.6 Å². The summed E-state index contributed by atoms with van der Waals surface area (Å²) >= 11 is 0. The average molecular weight is 362 g/mol. The third-order valence-electron chi connectivity index (χ3n) is 4.42. The fourth-order valence-corrected chi connectivity index (χ4v) is 2.98. The Morgan fingerprint density at radius 1 is 1.07 bits per heavy atom. The van der Waals surface area contributed by atoms with Crippen LogP contribution in [0.2, 0.25) is 0 Å². The number of fused-ring (bicyclic) bond motifs is 1. The maximum atomic E-state index is 14.0. The fourth-order valence-electron chi connectivity index (χ4n) is 2.98. The molecule has 1 aromatic heterocycles. The van der Waals surface area contributed by atoms with Crippen LogP contribution < -0.4 is 4.74 Å². The predicted molar refractivity (Wildman–Crippen MR) is 101 cm³/mol. The van der Waals surface area contributed by atoms with Crippen molar-refractivity contribution < 1.29 is 9.13 Å². The summed E-state index contributed by atoms with van der Waals surface area (Å²) < 4.78 is 19.6. The van der Waals surface area contributed by atoms with Gasteiger partial charge >= 0.3 is 6.01 Å². The van der Waals surface area contributed by atoms with E-state index in [0.717, 1.165) is 31.3 Å². The Morgan fingerprint density at radius 2 is 1.85 bits per heavy atom. The molecule has 0 saturated heterocycles. The minimum Gasteiger partial charge on any atom is -0.459 e. The summed E-state index contributed by atoms with van der Waals surface area (Å²) in [5.41, 5.74) is 3.61. The molecule has 0 radical (unpaired) electrons. The summed E-state index contributed by atoms with van der Waals surface area (Å²) in [5.74, 6) is -0.595. The number of halogens is 1. The summed E-state index contributed by atoms with van der Waals surface area (Å²) in [6.07, 6.45) is 3.67. The van der Waals surface area contributed by atoms with E-state index in [-0.39, 0.29) is 11.8 Å². The standard InChI is InChI=1S/C21H19FN4O/c22-19-12-23-21(27-14-16-6-2-1-3-7-16)25-20(19)24-15-26-11-10-17-8-4-5-9-18(17)13-26/h1-9,12,15H,10-11,13-14H2/b24-15+. The van der Waals surface area contributed by atoms with Crippen molar-refractivity contribution >= 4 is 12.2 Å². The number of rotatable bonds is 5. The van der Waals surface area contributed by atoms with E-state index in [4.69, 9.17) is 4.74 Å². The Kier molecular flexibility index (Phi) is 5.05. The maximum absolute atomic E-state index is 14.0. The highest BCUT2D eigenvalue weighted by molar-refractivity contribution is 5.60. The largest absolute Gasteiger partial charge is 0.459 e. The second-order valence-electron chi connectivity index (χ2n) is 6.33. The van der Waals surface area contributed by atoms with Gasteiger partial charge in [-0.05, 0) is 23.1 Å². The van der Waals surface area contributed by atoms with Gasteiger partial charge < -0.3 is 9.64 Å². The van der Waals surface area contributed by atoms with E-state index in [1.165, 1.54) is 11.1 Å². The minimum atomic E-state index is -0.573. The minimum absolute atomic E-state index is 0.0214. The van der Waals surface area contributed by atoms with Crippen molar-refractivity contribution in [2.75, 3.05) is 6.54 Å². The van der Waals surface area contributed by atoms with Crippen molar-refractivity contribution in [2.45, 2.75) is 19.6 Å². The molecule has 0 atom stereocenters. The first kappa shape index (κ1) is 17.1. The third-order valence-corrected chi connectivity index (χ3v) is 4.42. The summed E-state index contributed by atoms with van der Waals surface area (Å²) in [7, 11) is 0. The number of nitrogens with zero attached hydrogens (tertiary/aromatic N) is 4. The molecule has 0 amide bonds. The van der Waals surface area contributed by atoms with Crippen molar-refractivity contribution in [1.82, 2.24) is 14.9 Å². The number of hydrogen-bond acceptors (Lipinski definition) is 4. The second-order valence-corrected chi connectivity index (χ2v) is 6.33. The van der Waals surface area contributed by atoms with E-state index in [9.17, 15) is 4.39 Å². The lowest BCUT2D eigenvalue weighted by Gasteiger charge is -2.26. The number of benzene rings is 2. The Bertz CT molecular complexity index is 946. The molecule has 0 aliphatic carbocycles. The van der Waals surface area contributed by atoms with Crippen LogP contribution in [0, 0.1) is 5.82 Å². The van der Waals surface area contributed by atoms with Crippen molar-refractivity contribution in [3.8, 4) is 6.01 Å². The van der Waals surface area contributed by atoms with Gasteiger partial charge in [-0.3, -0.25) is 0 Å². The number of ether oxygens (including phenoxy) is 1.